The normalized spacial score (nSPS) is 29.4. The smallest absolute Gasteiger partial charge is 0.224 e. The molecule has 4 atom stereocenters. The van der Waals surface area contributed by atoms with Crippen LogP contribution in [0.2, 0.25) is 0 Å². The largest absolute Gasteiger partial charge is 0.356 e. The molecule has 0 heterocycles. The molecule has 0 aliphatic heterocycles. The van der Waals surface area contributed by atoms with Crippen LogP contribution in [-0.2, 0) is 9.59 Å². The van der Waals surface area contributed by atoms with Crippen molar-refractivity contribution in [3.63, 3.8) is 0 Å². The highest BCUT2D eigenvalue weighted by atomic mass is 16.2. The van der Waals surface area contributed by atoms with E-state index in [1.807, 2.05) is 0 Å². The van der Waals surface area contributed by atoms with Gasteiger partial charge in [0.25, 0.3) is 0 Å². The summed E-state index contributed by atoms with van der Waals surface area (Å²) in [6.07, 6.45) is 10.5. The molecule has 4 heteroatoms. The highest BCUT2D eigenvalue weighted by Gasteiger charge is 2.47. The summed E-state index contributed by atoms with van der Waals surface area (Å²) in [7, 11) is 0. The van der Waals surface area contributed by atoms with Gasteiger partial charge in [0.1, 0.15) is 0 Å². The molecule has 0 spiro atoms. The SMILES string of the molecule is CCCCNC(=O)C1C2C=CC(CC2)C1C(=O)NCCCC. The van der Waals surface area contributed by atoms with Gasteiger partial charge in [0.15, 0.2) is 0 Å². The van der Waals surface area contributed by atoms with Gasteiger partial charge in [0.2, 0.25) is 11.8 Å². The Labute approximate surface area is 134 Å². The maximum Gasteiger partial charge on any atom is 0.224 e. The summed E-state index contributed by atoms with van der Waals surface area (Å²) in [6.45, 7) is 5.66. The van der Waals surface area contributed by atoms with Crippen molar-refractivity contribution in [2.24, 2.45) is 23.7 Å². The van der Waals surface area contributed by atoms with E-state index in [4.69, 9.17) is 0 Å². The van der Waals surface area contributed by atoms with Crippen molar-refractivity contribution in [2.45, 2.75) is 52.4 Å². The van der Waals surface area contributed by atoms with Crippen LogP contribution in [0.3, 0.4) is 0 Å². The van der Waals surface area contributed by atoms with Crippen molar-refractivity contribution in [1.82, 2.24) is 10.6 Å². The molecule has 3 aliphatic rings. The number of carbonyl (C=O) groups excluding carboxylic acids is 2. The van der Waals surface area contributed by atoms with Gasteiger partial charge in [-0.15, -0.1) is 0 Å². The Balaban J connectivity index is 2.02. The molecule has 2 N–H and O–H groups in total. The first-order valence-electron chi connectivity index (χ1n) is 8.92. The summed E-state index contributed by atoms with van der Waals surface area (Å²) < 4.78 is 0. The fraction of sp³-hybridized carbons (Fsp3) is 0.778. The molecule has 3 rings (SSSR count). The predicted molar refractivity (Wildman–Crippen MR) is 88.2 cm³/mol. The van der Waals surface area contributed by atoms with E-state index in [9.17, 15) is 9.59 Å². The van der Waals surface area contributed by atoms with Crippen LogP contribution in [0.15, 0.2) is 12.2 Å². The molecule has 1 saturated carbocycles. The van der Waals surface area contributed by atoms with Crippen molar-refractivity contribution >= 4 is 11.8 Å². The lowest BCUT2D eigenvalue weighted by Gasteiger charge is -2.43. The van der Waals surface area contributed by atoms with Crippen molar-refractivity contribution in [1.29, 1.82) is 0 Å². The second kappa shape index (κ2) is 8.35. The molecule has 0 saturated heterocycles. The highest BCUT2D eigenvalue weighted by molar-refractivity contribution is 5.89. The molecule has 0 radical (unpaired) electrons. The van der Waals surface area contributed by atoms with Crippen LogP contribution in [0, 0.1) is 23.7 Å². The van der Waals surface area contributed by atoms with Gasteiger partial charge in [0.05, 0.1) is 11.8 Å². The van der Waals surface area contributed by atoms with Crippen LogP contribution < -0.4 is 10.6 Å². The number of fused-ring (bicyclic) bond motifs is 2. The van der Waals surface area contributed by atoms with E-state index >= 15 is 0 Å². The van der Waals surface area contributed by atoms with Gasteiger partial charge >= 0.3 is 0 Å². The van der Waals surface area contributed by atoms with Gasteiger partial charge in [0, 0.05) is 13.1 Å². The number of amides is 2. The monoisotopic (exact) mass is 306 g/mol. The van der Waals surface area contributed by atoms with Crippen molar-refractivity contribution in [2.75, 3.05) is 13.1 Å². The summed E-state index contributed by atoms with van der Waals surface area (Å²) in [5.74, 6) is 0.248. The molecule has 2 bridgehead atoms. The quantitative estimate of drug-likeness (QED) is 0.535. The molecule has 3 aliphatic carbocycles. The molecule has 0 aromatic heterocycles. The van der Waals surface area contributed by atoms with Gasteiger partial charge in [-0.2, -0.15) is 0 Å². The number of rotatable bonds is 8. The second-order valence-electron chi connectivity index (χ2n) is 6.63. The van der Waals surface area contributed by atoms with Gasteiger partial charge in [-0.25, -0.2) is 0 Å². The standard InChI is InChI=1S/C18H30N2O2/c1-3-5-11-19-17(21)15-13-7-9-14(10-8-13)16(15)18(22)20-12-6-4-2/h7,9,13-16H,3-6,8,10-12H2,1-2H3,(H,19,21)(H,20,22). The lowest BCUT2D eigenvalue weighted by molar-refractivity contribution is -0.140. The first kappa shape index (κ1) is 17.0. The minimum Gasteiger partial charge on any atom is -0.356 e. The molecule has 22 heavy (non-hydrogen) atoms. The third kappa shape index (κ3) is 3.90. The van der Waals surface area contributed by atoms with Crippen molar-refractivity contribution in [3.05, 3.63) is 12.2 Å². The molecule has 0 aromatic carbocycles. The average molecular weight is 306 g/mol. The van der Waals surface area contributed by atoms with Gasteiger partial charge in [-0.05, 0) is 37.5 Å². The second-order valence-corrected chi connectivity index (χ2v) is 6.63. The Hall–Kier alpha value is -1.32. The van der Waals surface area contributed by atoms with Crippen molar-refractivity contribution < 1.29 is 9.59 Å². The van der Waals surface area contributed by atoms with Crippen LogP contribution >= 0.6 is 0 Å². The summed E-state index contributed by atoms with van der Waals surface area (Å²) in [5.41, 5.74) is 0. The van der Waals surface area contributed by atoms with E-state index in [1.54, 1.807) is 0 Å². The fourth-order valence-electron chi connectivity index (χ4n) is 3.72. The number of nitrogens with one attached hydrogen (secondary N) is 2. The third-order valence-corrected chi connectivity index (χ3v) is 5.01. The molecular formula is C18H30N2O2. The van der Waals surface area contributed by atoms with Gasteiger partial charge < -0.3 is 10.6 Å². The van der Waals surface area contributed by atoms with Crippen LogP contribution in [0.5, 0.6) is 0 Å². The van der Waals surface area contributed by atoms with E-state index in [0.717, 1.165) is 51.6 Å². The maximum absolute atomic E-state index is 12.6. The topological polar surface area (TPSA) is 58.2 Å². The number of hydrogen-bond donors (Lipinski definition) is 2. The van der Waals surface area contributed by atoms with E-state index in [1.165, 1.54) is 0 Å². The van der Waals surface area contributed by atoms with Crippen LogP contribution in [0.25, 0.3) is 0 Å². The zero-order chi connectivity index (χ0) is 15.9. The highest BCUT2D eigenvalue weighted by Crippen LogP contribution is 2.45. The maximum atomic E-state index is 12.6. The molecule has 1 fully saturated rings. The zero-order valence-electron chi connectivity index (χ0n) is 13.9. The summed E-state index contributed by atoms with van der Waals surface area (Å²) >= 11 is 0. The van der Waals surface area contributed by atoms with E-state index in [2.05, 4.69) is 36.6 Å². The molecule has 4 nitrogen and oxygen atoms in total. The van der Waals surface area contributed by atoms with E-state index in [-0.39, 0.29) is 35.5 Å². The van der Waals surface area contributed by atoms with Crippen LogP contribution in [-0.4, -0.2) is 24.9 Å². The predicted octanol–water partition coefficient (Wildman–Crippen LogP) is 2.65. The Kier molecular flexibility index (Phi) is 6.47. The van der Waals surface area contributed by atoms with Gasteiger partial charge in [-0.3, -0.25) is 9.59 Å². The first-order valence-corrected chi connectivity index (χ1v) is 8.92. The average Bonchev–Trinajstić information content (AvgIpc) is 2.55. The van der Waals surface area contributed by atoms with Crippen LogP contribution in [0.1, 0.15) is 52.4 Å². The Bertz CT molecular complexity index is 381. The van der Waals surface area contributed by atoms with E-state index in [0.29, 0.717) is 0 Å². The van der Waals surface area contributed by atoms with Crippen LogP contribution in [0.4, 0.5) is 0 Å². The number of hydrogen-bond acceptors (Lipinski definition) is 2. The summed E-state index contributed by atoms with van der Waals surface area (Å²) in [4.78, 5) is 25.2. The minimum atomic E-state index is -0.178. The Morgan fingerprint density at radius 1 is 0.864 bits per heavy atom. The lowest BCUT2D eigenvalue weighted by Crippen LogP contribution is -2.52. The Morgan fingerprint density at radius 2 is 1.27 bits per heavy atom. The fourth-order valence-corrected chi connectivity index (χ4v) is 3.72. The molecular weight excluding hydrogens is 276 g/mol. The third-order valence-electron chi connectivity index (χ3n) is 5.01. The lowest BCUT2D eigenvalue weighted by atomic mass is 9.61. The molecule has 0 aromatic rings. The number of allylic oxidation sites excluding steroid dienone is 2. The molecule has 124 valence electrons. The number of unbranched alkanes of at least 4 members (excludes halogenated alkanes) is 2. The zero-order valence-corrected chi connectivity index (χ0v) is 13.9. The van der Waals surface area contributed by atoms with E-state index < -0.39 is 0 Å². The summed E-state index contributed by atoms with van der Waals surface area (Å²) in [6, 6.07) is 0. The van der Waals surface area contributed by atoms with Crippen molar-refractivity contribution in [3.8, 4) is 0 Å². The Morgan fingerprint density at radius 3 is 1.59 bits per heavy atom. The first-order chi connectivity index (χ1) is 10.7. The van der Waals surface area contributed by atoms with Gasteiger partial charge in [-0.1, -0.05) is 38.8 Å². The number of carbonyl (C=O) groups is 2. The molecule has 4 unspecified atom stereocenters. The minimum absolute atomic E-state index is 0.0724. The molecule has 2 amide bonds. The summed E-state index contributed by atoms with van der Waals surface area (Å²) in [5, 5.41) is 6.07.